The number of methoxy groups -OCH3 is 1. The van der Waals surface area contributed by atoms with Crippen LogP contribution in [0.15, 0.2) is 24.3 Å². The van der Waals surface area contributed by atoms with Crippen LogP contribution in [0.4, 0.5) is 5.69 Å². The summed E-state index contributed by atoms with van der Waals surface area (Å²) in [5.74, 6) is -2.23. The quantitative estimate of drug-likeness (QED) is 0.610. The van der Waals surface area contributed by atoms with Crippen LogP contribution >= 0.6 is 0 Å². The van der Waals surface area contributed by atoms with E-state index in [1.807, 2.05) is 13.8 Å². The van der Waals surface area contributed by atoms with Crippen molar-refractivity contribution in [3.63, 3.8) is 0 Å². The van der Waals surface area contributed by atoms with Gasteiger partial charge in [0.15, 0.2) is 6.61 Å². The number of anilines is 1. The molecule has 150 valence electrons. The average molecular weight is 389 g/mol. The van der Waals surface area contributed by atoms with Gasteiger partial charge in [0.25, 0.3) is 5.91 Å². The van der Waals surface area contributed by atoms with Crippen molar-refractivity contribution in [3.05, 3.63) is 29.8 Å². The number of nitrogens with one attached hydrogen (secondary N) is 2. The topological polar surface area (TPSA) is 135 Å². The maximum atomic E-state index is 12.0. The largest absolute Gasteiger partial charge is 0.467 e. The molecule has 0 saturated carbocycles. The second kappa shape index (κ2) is 11.3. The molecule has 0 radical (unpaired) electrons. The van der Waals surface area contributed by atoms with Gasteiger partial charge in [-0.2, -0.15) is 5.26 Å². The first kappa shape index (κ1) is 22.6. The molecular weight excluding hydrogens is 366 g/mol. The monoisotopic (exact) mass is 389 g/mol. The Bertz CT molecular complexity index is 752. The number of esters is 2. The van der Waals surface area contributed by atoms with Gasteiger partial charge in [-0.3, -0.25) is 9.59 Å². The first-order valence-electron chi connectivity index (χ1n) is 8.58. The second-order valence-electron chi connectivity index (χ2n) is 6.31. The van der Waals surface area contributed by atoms with Crippen LogP contribution in [0.5, 0.6) is 0 Å². The van der Waals surface area contributed by atoms with E-state index in [4.69, 9.17) is 10.00 Å². The molecule has 0 heterocycles. The lowest BCUT2D eigenvalue weighted by atomic mass is 10.0. The molecule has 2 N–H and O–H groups in total. The van der Waals surface area contributed by atoms with Gasteiger partial charge in [0.2, 0.25) is 5.91 Å². The minimum absolute atomic E-state index is 0.152. The molecule has 0 bridgehead atoms. The average Bonchev–Trinajstić information content (AvgIpc) is 2.65. The Morgan fingerprint density at radius 2 is 1.75 bits per heavy atom. The first-order chi connectivity index (χ1) is 13.3. The highest BCUT2D eigenvalue weighted by Crippen LogP contribution is 2.11. The molecule has 9 nitrogen and oxygen atoms in total. The van der Waals surface area contributed by atoms with Gasteiger partial charge in [-0.1, -0.05) is 13.8 Å². The van der Waals surface area contributed by atoms with E-state index in [0.717, 1.165) is 0 Å². The van der Waals surface area contributed by atoms with Gasteiger partial charge in [-0.05, 0) is 36.6 Å². The van der Waals surface area contributed by atoms with E-state index in [-0.39, 0.29) is 17.9 Å². The van der Waals surface area contributed by atoms with Gasteiger partial charge in [-0.15, -0.1) is 0 Å². The molecule has 0 aliphatic rings. The molecule has 9 heteroatoms. The number of amides is 2. The molecule has 2 amide bonds. The number of nitriles is 1. The summed E-state index contributed by atoms with van der Waals surface area (Å²) in [6.45, 7) is 3.24. The summed E-state index contributed by atoms with van der Waals surface area (Å²) in [4.78, 5) is 47.0. The number of rotatable bonds is 9. The molecule has 0 saturated heterocycles. The Balaban J connectivity index is 2.56. The molecule has 0 unspecified atom stereocenters. The molecule has 0 aromatic heterocycles. The zero-order chi connectivity index (χ0) is 21.1. The van der Waals surface area contributed by atoms with Crippen molar-refractivity contribution in [1.82, 2.24) is 5.32 Å². The fourth-order valence-corrected chi connectivity index (χ4v) is 2.24. The summed E-state index contributed by atoms with van der Waals surface area (Å²) >= 11 is 0. The van der Waals surface area contributed by atoms with E-state index in [9.17, 15) is 19.2 Å². The normalized spacial score (nSPS) is 11.1. The number of carbonyl (C=O) groups is 4. The molecule has 1 atom stereocenters. The van der Waals surface area contributed by atoms with Crippen LogP contribution in [0.25, 0.3) is 0 Å². The minimum Gasteiger partial charge on any atom is -0.467 e. The lowest BCUT2D eigenvalue weighted by Gasteiger charge is -2.18. The summed E-state index contributed by atoms with van der Waals surface area (Å²) in [6, 6.07) is 6.69. The van der Waals surface area contributed by atoms with E-state index < -0.39 is 36.4 Å². The van der Waals surface area contributed by atoms with E-state index in [2.05, 4.69) is 15.4 Å². The summed E-state index contributed by atoms with van der Waals surface area (Å²) in [7, 11) is 1.23. The van der Waals surface area contributed by atoms with E-state index in [1.54, 1.807) is 6.07 Å². The molecule has 1 rings (SSSR count). The Morgan fingerprint density at radius 3 is 2.29 bits per heavy atom. The highest BCUT2D eigenvalue weighted by molar-refractivity contribution is 5.94. The molecule has 1 aromatic rings. The number of benzene rings is 1. The molecule has 0 fully saturated rings. The predicted octanol–water partition coefficient (Wildman–Crippen LogP) is 1.40. The van der Waals surface area contributed by atoms with Gasteiger partial charge in [0.1, 0.15) is 12.5 Å². The van der Waals surface area contributed by atoms with Crippen molar-refractivity contribution in [1.29, 1.82) is 5.26 Å². The third kappa shape index (κ3) is 7.86. The number of hydrogen-bond acceptors (Lipinski definition) is 7. The summed E-state index contributed by atoms with van der Waals surface area (Å²) in [5.41, 5.74) is 0.599. The van der Waals surface area contributed by atoms with Crippen LogP contribution in [-0.2, 0) is 23.9 Å². The summed E-state index contributed by atoms with van der Waals surface area (Å²) < 4.78 is 9.59. The van der Waals surface area contributed by atoms with Gasteiger partial charge >= 0.3 is 11.9 Å². The van der Waals surface area contributed by atoms with E-state index in [0.29, 0.717) is 12.1 Å². The van der Waals surface area contributed by atoms with Crippen molar-refractivity contribution in [3.8, 4) is 6.07 Å². The molecule has 0 spiro atoms. The Kier molecular flexibility index (Phi) is 9.16. The van der Waals surface area contributed by atoms with Crippen LogP contribution < -0.4 is 10.6 Å². The number of carbonyl (C=O) groups excluding carboxylic acids is 4. The van der Waals surface area contributed by atoms with Crippen LogP contribution in [-0.4, -0.2) is 43.5 Å². The lowest BCUT2D eigenvalue weighted by molar-refractivity contribution is -0.145. The van der Waals surface area contributed by atoms with Crippen LogP contribution in [0.2, 0.25) is 0 Å². The molecule has 28 heavy (non-hydrogen) atoms. The van der Waals surface area contributed by atoms with Crippen molar-refractivity contribution in [2.24, 2.45) is 5.92 Å². The number of nitrogens with zero attached hydrogens (tertiary/aromatic N) is 1. The fourth-order valence-electron chi connectivity index (χ4n) is 2.24. The van der Waals surface area contributed by atoms with E-state index >= 15 is 0 Å². The molecule has 0 aliphatic carbocycles. The fraction of sp³-hybridized carbons (Fsp3) is 0.421. The number of hydrogen-bond donors (Lipinski definition) is 2. The minimum atomic E-state index is -0.812. The SMILES string of the molecule is COC(=O)[C@@H](CC(C)C)NC(=O)COC(=O)c1ccc(NC(=O)CC#N)cc1. The smallest absolute Gasteiger partial charge is 0.338 e. The van der Waals surface area contributed by atoms with Gasteiger partial charge < -0.3 is 20.1 Å². The molecule has 1 aromatic carbocycles. The van der Waals surface area contributed by atoms with Crippen molar-refractivity contribution in [2.75, 3.05) is 19.0 Å². The highest BCUT2D eigenvalue weighted by Gasteiger charge is 2.23. The highest BCUT2D eigenvalue weighted by atomic mass is 16.5. The van der Waals surface area contributed by atoms with E-state index in [1.165, 1.54) is 31.4 Å². The van der Waals surface area contributed by atoms with Gasteiger partial charge in [0, 0.05) is 5.69 Å². The zero-order valence-corrected chi connectivity index (χ0v) is 16.0. The third-order valence-electron chi connectivity index (χ3n) is 3.51. The second-order valence-corrected chi connectivity index (χ2v) is 6.31. The lowest BCUT2D eigenvalue weighted by Crippen LogP contribution is -2.44. The maximum absolute atomic E-state index is 12.0. The summed E-state index contributed by atoms with van der Waals surface area (Å²) in [5, 5.41) is 13.4. The first-order valence-corrected chi connectivity index (χ1v) is 8.58. The Labute approximate surface area is 163 Å². The van der Waals surface area contributed by atoms with Crippen molar-refractivity contribution < 1.29 is 28.7 Å². The Morgan fingerprint density at radius 1 is 1.11 bits per heavy atom. The van der Waals surface area contributed by atoms with Crippen molar-refractivity contribution >= 4 is 29.4 Å². The van der Waals surface area contributed by atoms with Crippen LogP contribution in [0.1, 0.15) is 37.0 Å². The zero-order valence-electron chi connectivity index (χ0n) is 16.0. The number of ether oxygens (including phenoxy) is 2. The van der Waals surface area contributed by atoms with Crippen LogP contribution in [0.3, 0.4) is 0 Å². The standard InChI is InChI=1S/C19H23N3O6/c1-12(2)10-15(19(26)27-3)22-17(24)11-28-18(25)13-4-6-14(7-5-13)21-16(23)8-9-20/h4-7,12,15H,8,10-11H2,1-3H3,(H,21,23)(H,22,24)/t15-/m1/s1. The maximum Gasteiger partial charge on any atom is 0.338 e. The van der Waals surface area contributed by atoms with Gasteiger partial charge in [-0.25, -0.2) is 9.59 Å². The molecule has 0 aliphatic heterocycles. The van der Waals surface area contributed by atoms with Crippen molar-refractivity contribution in [2.45, 2.75) is 32.7 Å². The Hall–Kier alpha value is -3.41. The molecular formula is C19H23N3O6. The van der Waals surface area contributed by atoms with Crippen LogP contribution in [0, 0.1) is 17.2 Å². The predicted molar refractivity (Wildman–Crippen MR) is 99.0 cm³/mol. The van der Waals surface area contributed by atoms with Gasteiger partial charge in [0.05, 0.1) is 18.7 Å². The third-order valence-corrected chi connectivity index (χ3v) is 3.51. The summed E-state index contributed by atoms with van der Waals surface area (Å²) in [6.07, 6.45) is 0.119.